The van der Waals surface area contributed by atoms with Gasteiger partial charge in [0.2, 0.25) is 15.9 Å². The maximum atomic E-state index is 13.3. The molecule has 1 heterocycles. The number of sulfone groups is 1. The van der Waals surface area contributed by atoms with Gasteiger partial charge < -0.3 is 5.32 Å². The molecule has 39 heavy (non-hydrogen) atoms. The van der Waals surface area contributed by atoms with Crippen LogP contribution in [0.15, 0.2) is 71.6 Å². The number of hydrogen-bond donors (Lipinski definition) is 1. The number of aryl methyl sites for hydroxylation is 1. The molecular formula is C27H27F3N2O5S2. The number of carbonyl (C=O) groups is 1. The molecule has 3 aromatic carbocycles. The quantitative estimate of drug-likeness (QED) is 0.406. The maximum absolute atomic E-state index is 13.3. The number of anilines is 2. The Morgan fingerprint density at radius 1 is 0.923 bits per heavy atom. The van der Waals surface area contributed by atoms with E-state index >= 15 is 0 Å². The Morgan fingerprint density at radius 2 is 1.56 bits per heavy atom. The molecule has 0 unspecified atom stereocenters. The largest absolute Gasteiger partial charge is 0.416 e. The summed E-state index contributed by atoms with van der Waals surface area (Å²) in [6.07, 6.45) is -3.31. The number of fused-ring (bicyclic) bond motifs is 1. The molecule has 0 spiro atoms. The van der Waals surface area contributed by atoms with Crippen LogP contribution in [0.3, 0.4) is 0 Å². The molecule has 7 nitrogen and oxygen atoms in total. The molecule has 1 aliphatic rings. The van der Waals surface area contributed by atoms with E-state index in [2.05, 4.69) is 5.32 Å². The number of halogens is 3. The highest BCUT2D eigenvalue weighted by molar-refractivity contribution is 7.92. The highest BCUT2D eigenvalue weighted by atomic mass is 32.2. The van der Waals surface area contributed by atoms with Crippen LogP contribution in [-0.4, -0.2) is 35.0 Å². The van der Waals surface area contributed by atoms with Gasteiger partial charge in [0, 0.05) is 12.2 Å². The summed E-state index contributed by atoms with van der Waals surface area (Å²) in [6, 6.07) is 15.1. The van der Waals surface area contributed by atoms with Gasteiger partial charge in [-0.2, -0.15) is 13.2 Å². The predicted octanol–water partition coefficient (Wildman–Crippen LogP) is 4.96. The topological polar surface area (TPSA) is 101 Å². The van der Waals surface area contributed by atoms with Crippen molar-refractivity contribution in [2.24, 2.45) is 0 Å². The summed E-state index contributed by atoms with van der Waals surface area (Å²) in [6.45, 7) is 1.76. The molecule has 1 N–H and O–H groups in total. The summed E-state index contributed by atoms with van der Waals surface area (Å²) in [5.41, 5.74) is 1.58. The lowest BCUT2D eigenvalue weighted by atomic mass is 10.0. The SMILES string of the molecule is CCS(=O)(=O)c1ccc(CC(=O)Nc2ccc3c(c2)N(S(=O)(=O)Cc2ccc(C(F)(F)F)cc2)CCC3)cc1. The molecule has 0 radical (unpaired) electrons. The first kappa shape index (κ1) is 28.6. The van der Waals surface area contributed by atoms with Crippen LogP contribution in [0.1, 0.15) is 35.6 Å². The number of sulfonamides is 1. The van der Waals surface area contributed by atoms with Gasteiger partial charge in [-0.05, 0) is 65.9 Å². The molecule has 208 valence electrons. The lowest BCUT2D eigenvalue weighted by Crippen LogP contribution is -2.36. The number of alkyl halides is 3. The zero-order valence-corrected chi connectivity index (χ0v) is 22.7. The van der Waals surface area contributed by atoms with Crippen molar-refractivity contribution in [3.05, 3.63) is 89.0 Å². The van der Waals surface area contributed by atoms with Gasteiger partial charge in [-0.3, -0.25) is 9.10 Å². The first-order valence-corrected chi connectivity index (χ1v) is 15.5. The average molecular weight is 581 g/mol. The summed E-state index contributed by atoms with van der Waals surface area (Å²) >= 11 is 0. The number of carbonyl (C=O) groups excluding carboxylic acids is 1. The molecule has 0 saturated heterocycles. The molecule has 1 amide bonds. The van der Waals surface area contributed by atoms with Crippen molar-refractivity contribution in [3.63, 3.8) is 0 Å². The van der Waals surface area contributed by atoms with Crippen molar-refractivity contribution >= 4 is 37.1 Å². The van der Waals surface area contributed by atoms with Crippen LogP contribution in [0.25, 0.3) is 0 Å². The summed E-state index contributed by atoms with van der Waals surface area (Å²) in [5.74, 6) is -0.858. The van der Waals surface area contributed by atoms with Crippen molar-refractivity contribution in [1.82, 2.24) is 0 Å². The van der Waals surface area contributed by atoms with Gasteiger partial charge in [-0.1, -0.05) is 37.3 Å². The molecule has 12 heteroatoms. The number of hydrogen-bond acceptors (Lipinski definition) is 5. The van der Waals surface area contributed by atoms with Gasteiger partial charge in [0.15, 0.2) is 9.84 Å². The van der Waals surface area contributed by atoms with Gasteiger partial charge in [-0.15, -0.1) is 0 Å². The highest BCUT2D eigenvalue weighted by Crippen LogP contribution is 2.34. The molecular weight excluding hydrogens is 553 g/mol. The predicted molar refractivity (Wildman–Crippen MR) is 143 cm³/mol. The average Bonchev–Trinajstić information content (AvgIpc) is 2.88. The van der Waals surface area contributed by atoms with E-state index in [1.54, 1.807) is 37.3 Å². The molecule has 4 rings (SSSR count). The smallest absolute Gasteiger partial charge is 0.326 e. The second-order valence-corrected chi connectivity index (χ2v) is 13.4. The summed E-state index contributed by atoms with van der Waals surface area (Å²) < 4.78 is 90.3. The van der Waals surface area contributed by atoms with Crippen LogP contribution in [0.4, 0.5) is 24.5 Å². The third kappa shape index (κ3) is 6.80. The number of nitrogens with zero attached hydrogens (tertiary/aromatic N) is 1. The Bertz CT molecular complexity index is 1570. The van der Waals surface area contributed by atoms with E-state index in [-0.39, 0.29) is 35.1 Å². The molecule has 0 atom stereocenters. The Labute approximate surface area is 225 Å². The van der Waals surface area contributed by atoms with Crippen molar-refractivity contribution < 1.29 is 34.8 Å². The lowest BCUT2D eigenvalue weighted by molar-refractivity contribution is -0.137. The normalized spacial score (nSPS) is 14.1. The Hall–Kier alpha value is -3.38. The van der Waals surface area contributed by atoms with E-state index in [1.807, 2.05) is 0 Å². The van der Waals surface area contributed by atoms with Gasteiger partial charge >= 0.3 is 6.18 Å². The summed E-state index contributed by atoms with van der Waals surface area (Å²) in [4.78, 5) is 12.8. The van der Waals surface area contributed by atoms with Gasteiger partial charge in [0.05, 0.1) is 34.1 Å². The summed E-state index contributed by atoms with van der Waals surface area (Å²) in [5, 5.41) is 2.75. The highest BCUT2D eigenvalue weighted by Gasteiger charge is 2.31. The van der Waals surface area contributed by atoms with Crippen molar-refractivity contribution in [2.75, 3.05) is 21.9 Å². The fourth-order valence-corrected chi connectivity index (χ4v) is 6.89. The second kappa shape index (κ2) is 11.0. The minimum atomic E-state index is -4.51. The van der Waals surface area contributed by atoms with Crippen LogP contribution in [0, 0.1) is 0 Å². The molecule has 0 aromatic heterocycles. The van der Waals surface area contributed by atoms with Crippen LogP contribution in [0.5, 0.6) is 0 Å². The maximum Gasteiger partial charge on any atom is 0.416 e. The minimum Gasteiger partial charge on any atom is -0.326 e. The second-order valence-electron chi connectivity index (χ2n) is 9.24. The summed E-state index contributed by atoms with van der Waals surface area (Å²) in [7, 11) is -7.27. The Kier molecular flexibility index (Phi) is 8.08. The molecule has 3 aromatic rings. The number of benzene rings is 3. The van der Waals surface area contributed by atoms with E-state index < -0.39 is 37.4 Å². The Balaban J connectivity index is 1.48. The minimum absolute atomic E-state index is 0.0144. The van der Waals surface area contributed by atoms with Crippen LogP contribution in [0.2, 0.25) is 0 Å². The first-order chi connectivity index (χ1) is 18.3. The first-order valence-electron chi connectivity index (χ1n) is 12.2. The van der Waals surface area contributed by atoms with Crippen molar-refractivity contribution in [3.8, 4) is 0 Å². The fourth-order valence-electron chi connectivity index (χ4n) is 4.36. The van der Waals surface area contributed by atoms with Crippen molar-refractivity contribution in [2.45, 2.75) is 43.0 Å². The molecule has 0 saturated carbocycles. The third-order valence-electron chi connectivity index (χ3n) is 6.44. The molecule has 0 fully saturated rings. The van der Waals surface area contributed by atoms with Crippen LogP contribution >= 0.6 is 0 Å². The Morgan fingerprint density at radius 3 is 2.18 bits per heavy atom. The molecule has 0 aliphatic carbocycles. The van der Waals surface area contributed by atoms with Gasteiger partial charge in [0.25, 0.3) is 0 Å². The standard InChI is InChI=1S/C27H27F3N2O5S2/c1-2-38(34,35)24-13-7-19(8-14-24)16-26(33)31-23-12-9-21-4-3-15-32(25(21)17-23)39(36,37)18-20-5-10-22(11-6-20)27(28,29)30/h5-14,17H,2-4,15-16,18H2,1H3,(H,31,33). The zero-order chi connectivity index (χ0) is 28.4. The van der Waals surface area contributed by atoms with Crippen molar-refractivity contribution in [1.29, 1.82) is 0 Å². The van der Waals surface area contributed by atoms with E-state index in [1.165, 1.54) is 16.4 Å². The zero-order valence-electron chi connectivity index (χ0n) is 21.0. The lowest BCUT2D eigenvalue weighted by Gasteiger charge is -2.31. The monoisotopic (exact) mass is 580 g/mol. The van der Waals surface area contributed by atoms with Gasteiger partial charge in [-0.25, -0.2) is 16.8 Å². The number of nitrogens with one attached hydrogen (secondary N) is 1. The third-order valence-corrected chi connectivity index (χ3v) is 9.94. The van der Waals surface area contributed by atoms with Gasteiger partial charge in [0.1, 0.15) is 0 Å². The number of amides is 1. The van der Waals surface area contributed by atoms with E-state index in [0.29, 0.717) is 29.8 Å². The fraction of sp³-hybridized carbons (Fsp3) is 0.296. The van der Waals surface area contributed by atoms with Crippen LogP contribution < -0.4 is 9.62 Å². The number of rotatable bonds is 8. The van der Waals surface area contributed by atoms with E-state index in [0.717, 1.165) is 29.8 Å². The molecule has 0 bridgehead atoms. The molecule has 1 aliphatic heterocycles. The van der Waals surface area contributed by atoms with E-state index in [4.69, 9.17) is 0 Å². The van der Waals surface area contributed by atoms with Crippen LogP contribution in [-0.2, 0) is 49.4 Å². The van der Waals surface area contributed by atoms with E-state index in [9.17, 15) is 34.8 Å².